The lowest BCUT2D eigenvalue weighted by molar-refractivity contribution is 0.340. The molecule has 0 aliphatic heterocycles. The number of aromatic nitrogens is 1. The van der Waals surface area contributed by atoms with E-state index in [2.05, 4.69) is 42.6 Å². The molecular weight excluding hydrogens is 236 g/mol. The predicted molar refractivity (Wildman–Crippen MR) is 80.9 cm³/mol. The van der Waals surface area contributed by atoms with Crippen molar-refractivity contribution in [3.8, 4) is 0 Å². The number of pyridine rings is 1. The minimum Gasteiger partial charge on any atom is -0.343 e. The lowest BCUT2D eigenvalue weighted by Crippen LogP contribution is -2.24. The number of hydrogen-bond acceptors (Lipinski definition) is 2. The third-order valence-corrected chi connectivity index (χ3v) is 3.47. The molecule has 2 rings (SSSR count). The Morgan fingerprint density at radius 1 is 1.26 bits per heavy atom. The van der Waals surface area contributed by atoms with Gasteiger partial charge < -0.3 is 9.47 Å². The van der Waals surface area contributed by atoms with Crippen LogP contribution in [0.15, 0.2) is 29.2 Å². The van der Waals surface area contributed by atoms with Crippen LogP contribution in [0.4, 0.5) is 0 Å². The zero-order chi connectivity index (χ0) is 14.2. The molecule has 3 heteroatoms. The lowest BCUT2D eigenvalue weighted by Gasteiger charge is -2.23. The van der Waals surface area contributed by atoms with Crippen LogP contribution in [0.1, 0.15) is 24.1 Å². The van der Waals surface area contributed by atoms with Crippen LogP contribution in [-0.2, 0) is 0 Å². The van der Waals surface area contributed by atoms with E-state index in [1.165, 1.54) is 0 Å². The molecule has 1 heterocycles. The van der Waals surface area contributed by atoms with E-state index in [-0.39, 0.29) is 5.43 Å². The minimum atomic E-state index is 0.145. The predicted octanol–water partition coefficient (Wildman–Crippen LogP) is 2.74. The summed E-state index contributed by atoms with van der Waals surface area (Å²) in [4.78, 5) is 14.4. The van der Waals surface area contributed by atoms with Gasteiger partial charge in [0.1, 0.15) is 0 Å². The first-order valence-electron chi connectivity index (χ1n) is 6.67. The van der Waals surface area contributed by atoms with Crippen molar-refractivity contribution in [1.29, 1.82) is 0 Å². The monoisotopic (exact) mass is 258 g/mol. The molecule has 0 N–H and O–H groups in total. The average molecular weight is 258 g/mol. The molecule has 1 aromatic carbocycles. The molecular formula is C16H22N2O. The molecule has 0 fully saturated rings. The fourth-order valence-corrected chi connectivity index (χ4v) is 2.59. The lowest BCUT2D eigenvalue weighted by atomic mass is 10.1. The molecule has 3 nitrogen and oxygen atoms in total. The maximum Gasteiger partial charge on any atom is 0.192 e. The highest BCUT2D eigenvalue weighted by Crippen LogP contribution is 2.18. The Balaban J connectivity index is 2.68. The van der Waals surface area contributed by atoms with Crippen molar-refractivity contribution in [2.24, 2.45) is 0 Å². The SMILES string of the molecule is Cc1ccc2c(c1)c(=O)c(C)cn2C(C)CN(C)C. The Morgan fingerprint density at radius 2 is 1.95 bits per heavy atom. The maximum atomic E-state index is 12.3. The van der Waals surface area contributed by atoms with Gasteiger partial charge in [0.25, 0.3) is 0 Å². The molecule has 19 heavy (non-hydrogen) atoms. The third kappa shape index (κ3) is 2.71. The fraction of sp³-hybridized carbons (Fsp3) is 0.438. The molecule has 1 aromatic heterocycles. The topological polar surface area (TPSA) is 25.2 Å². The summed E-state index contributed by atoms with van der Waals surface area (Å²) in [5, 5.41) is 0.825. The van der Waals surface area contributed by atoms with Crippen LogP contribution in [0.3, 0.4) is 0 Å². The Kier molecular flexibility index (Phi) is 3.76. The molecule has 0 aliphatic rings. The van der Waals surface area contributed by atoms with Gasteiger partial charge in [-0.3, -0.25) is 4.79 Å². The van der Waals surface area contributed by atoms with E-state index in [1.807, 2.05) is 26.1 Å². The molecule has 0 bridgehead atoms. The highest BCUT2D eigenvalue weighted by atomic mass is 16.1. The molecule has 1 atom stereocenters. The Labute approximate surface area is 114 Å². The van der Waals surface area contributed by atoms with Gasteiger partial charge in [-0.1, -0.05) is 11.6 Å². The van der Waals surface area contributed by atoms with Crippen molar-refractivity contribution >= 4 is 10.9 Å². The van der Waals surface area contributed by atoms with E-state index in [1.54, 1.807) is 0 Å². The van der Waals surface area contributed by atoms with E-state index in [9.17, 15) is 4.79 Å². The van der Waals surface area contributed by atoms with Gasteiger partial charge >= 0.3 is 0 Å². The summed E-state index contributed by atoms with van der Waals surface area (Å²) in [6.07, 6.45) is 1.98. The quantitative estimate of drug-likeness (QED) is 0.846. The summed E-state index contributed by atoms with van der Waals surface area (Å²) in [6, 6.07) is 6.44. The largest absolute Gasteiger partial charge is 0.343 e. The zero-order valence-corrected chi connectivity index (χ0v) is 12.4. The van der Waals surface area contributed by atoms with E-state index in [0.29, 0.717) is 6.04 Å². The molecule has 0 amide bonds. The van der Waals surface area contributed by atoms with Crippen LogP contribution in [0.5, 0.6) is 0 Å². The van der Waals surface area contributed by atoms with Crippen molar-refractivity contribution in [2.75, 3.05) is 20.6 Å². The van der Waals surface area contributed by atoms with Gasteiger partial charge in [-0.05, 0) is 47.0 Å². The third-order valence-electron chi connectivity index (χ3n) is 3.47. The highest BCUT2D eigenvalue weighted by molar-refractivity contribution is 5.80. The molecule has 2 aromatic rings. The molecule has 0 aliphatic carbocycles. The Hall–Kier alpha value is -1.61. The van der Waals surface area contributed by atoms with Crippen LogP contribution in [0.25, 0.3) is 10.9 Å². The summed E-state index contributed by atoms with van der Waals surface area (Å²) >= 11 is 0. The van der Waals surface area contributed by atoms with Gasteiger partial charge in [0.15, 0.2) is 5.43 Å². The minimum absolute atomic E-state index is 0.145. The van der Waals surface area contributed by atoms with Crippen LogP contribution >= 0.6 is 0 Å². The average Bonchev–Trinajstić information content (AvgIpc) is 2.33. The van der Waals surface area contributed by atoms with Gasteiger partial charge in [-0.15, -0.1) is 0 Å². The molecule has 102 valence electrons. The first-order chi connectivity index (χ1) is 8.90. The fourth-order valence-electron chi connectivity index (χ4n) is 2.59. The van der Waals surface area contributed by atoms with Crippen molar-refractivity contribution in [3.63, 3.8) is 0 Å². The summed E-state index contributed by atoms with van der Waals surface area (Å²) in [5.41, 5.74) is 3.10. The number of rotatable bonds is 3. The normalized spacial score (nSPS) is 13.2. The summed E-state index contributed by atoms with van der Waals surface area (Å²) in [6.45, 7) is 7.05. The molecule has 0 saturated heterocycles. The molecule has 1 unspecified atom stereocenters. The molecule has 0 saturated carbocycles. The molecule has 0 spiro atoms. The zero-order valence-electron chi connectivity index (χ0n) is 12.4. The number of aryl methyl sites for hydroxylation is 2. The smallest absolute Gasteiger partial charge is 0.192 e. The highest BCUT2D eigenvalue weighted by Gasteiger charge is 2.11. The van der Waals surface area contributed by atoms with Crippen molar-refractivity contribution < 1.29 is 0 Å². The van der Waals surface area contributed by atoms with E-state index >= 15 is 0 Å². The molecule has 0 radical (unpaired) electrons. The first-order valence-corrected chi connectivity index (χ1v) is 6.67. The second kappa shape index (κ2) is 5.17. The summed E-state index contributed by atoms with van der Waals surface area (Å²) in [5.74, 6) is 0. The number of benzene rings is 1. The van der Waals surface area contributed by atoms with Crippen molar-refractivity contribution in [2.45, 2.75) is 26.8 Å². The van der Waals surface area contributed by atoms with Crippen molar-refractivity contribution in [1.82, 2.24) is 9.47 Å². The van der Waals surface area contributed by atoms with Crippen molar-refractivity contribution in [3.05, 3.63) is 45.7 Å². The Morgan fingerprint density at radius 3 is 2.58 bits per heavy atom. The summed E-state index contributed by atoms with van der Waals surface area (Å²) in [7, 11) is 4.14. The van der Waals surface area contributed by atoms with Crippen LogP contribution in [0, 0.1) is 13.8 Å². The van der Waals surface area contributed by atoms with Crippen LogP contribution in [0.2, 0.25) is 0 Å². The van der Waals surface area contributed by atoms with Crippen LogP contribution < -0.4 is 5.43 Å². The van der Waals surface area contributed by atoms with Crippen LogP contribution in [-0.4, -0.2) is 30.1 Å². The first kappa shape index (κ1) is 13.8. The van der Waals surface area contributed by atoms with E-state index < -0.39 is 0 Å². The van der Waals surface area contributed by atoms with Gasteiger partial charge in [0.05, 0.1) is 5.52 Å². The van der Waals surface area contributed by atoms with Gasteiger partial charge in [0, 0.05) is 29.7 Å². The number of fused-ring (bicyclic) bond motifs is 1. The number of hydrogen-bond donors (Lipinski definition) is 0. The summed E-state index contributed by atoms with van der Waals surface area (Å²) < 4.78 is 2.21. The second-order valence-electron chi connectivity index (χ2n) is 5.68. The second-order valence-corrected chi connectivity index (χ2v) is 5.68. The standard InChI is InChI=1S/C16H22N2O/c1-11-6-7-15-14(8-11)16(19)12(2)9-18(15)13(3)10-17(4)5/h6-9,13H,10H2,1-5H3. The van der Waals surface area contributed by atoms with E-state index in [0.717, 1.165) is 28.6 Å². The van der Waals surface area contributed by atoms with Gasteiger partial charge in [0.2, 0.25) is 0 Å². The number of nitrogens with zero attached hydrogens (tertiary/aromatic N) is 2. The Bertz CT molecular complexity index is 656. The van der Waals surface area contributed by atoms with E-state index in [4.69, 9.17) is 0 Å². The van der Waals surface area contributed by atoms with Gasteiger partial charge in [-0.25, -0.2) is 0 Å². The van der Waals surface area contributed by atoms with Gasteiger partial charge in [-0.2, -0.15) is 0 Å². The number of likely N-dealkylation sites (N-methyl/N-ethyl adjacent to an activating group) is 1. The maximum absolute atomic E-state index is 12.3.